The molecule has 1 N–H and O–H groups in total. The second-order valence-electron chi connectivity index (χ2n) is 6.85. The van der Waals surface area contributed by atoms with E-state index in [4.69, 9.17) is 4.74 Å². The summed E-state index contributed by atoms with van der Waals surface area (Å²) >= 11 is 0. The highest BCUT2D eigenvalue weighted by molar-refractivity contribution is 5.50. The molecule has 2 saturated heterocycles. The van der Waals surface area contributed by atoms with Crippen LogP contribution in [0.5, 0.6) is 5.75 Å². The first kappa shape index (κ1) is 14.7. The molecule has 4 heteroatoms. The van der Waals surface area contributed by atoms with Crippen LogP contribution in [0.4, 0.5) is 5.69 Å². The van der Waals surface area contributed by atoms with Gasteiger partial charge in [0.2, 0.25) is 0 Å². The van der Waals surface area contributed by atoms with Gasteiger partial charge in [-0.05, 0) is 38.8 Å². The maximum Gasteiger partial charge on any atom is 0.117 e. The molecule has 2 aliphatic rings. The summed E-state index contributed by atoms with van der Waals surface area (Å²) in [6, 6.07) is 7.54. The number of nitrogens with zero attached hydrogens (tertiary/aromatic N) is 2. The molecule has 2 aliphatic heterocycles. The average molecular weight is 290 g/mol. The predicted molar refractivity (Wildman–Crippen MR) is 84.9 cm³/mol. The number of aromatic hydroxyl groups is 1. The van der Waals surface area contributed by atoms with Gasteiger partial charge < -0.3 is 14.7 Å². The van der Waals surface area contributed by atoms with Crippen LogP contribution in [0.3, 0.4) is 0 Å². The first-order chi connectivity index (χ1) is 10.0. The fraction of sp³-hybridized carbons (Fsp3) is 0.647. The number of phenolic OH excluding ortho intramolecular Hbond substituents is 1. The molecular formula is C17H26N2O2. The number of rotatable bonds is 3. The summed E-state index contributed by atoms with van der Waals surface area (Å²) in [5.74, 6) is 0.344. The molecule has 2 heterocycles. The van der Waals surface area contributed by atoms with Crippen molar-refractivity contribution < 1.29 is 9.84 Å². The summed E-state index contributed by atoms with van der Waals surface area (Å²) < 4.78 is 6.09. The Balaban J connectivity index is 1.49. The Kier molecular flexibility index (Phi) is 4.09. The van der Waals surface area contributed by atoms with Crippen molar-refractivity contribution in [2.45, 2.75) is 38.4 Å². The van der Waals surface area contributed by atoms with Crippen LogP contribution in [-0.4, -0.2) is 54.4 Å². The van der Waals surface area contributed by atoms with Crippen molar-refractivity contribution >= 4 is 5.69 Å². The van der Waals surface area contributed by atoms with E-state index in [2.05, 4.69) is 29.7 Å². The molecule has 0 spiro atoms. The molecule has 1 aromatic rings. The number of hydrogen-bond donors (Lipinski definition) is 1. The fourth-order valence-corrected chi connectivity index (χ4v) is 3.37. The molecular weight excluding hydrogens is 264 g/mol. The molecule has 2 fully saturated rings. The summed E-state index contributed by atoms with van der Waals surface area (Å²) in [5.41, 5.74) is 1.18. The summed E-state index contributed by atoms with van der Waals surface area (Å²) in [5, 5.41) is 9.58. The molecule has 116 valence electrons. The third-order valence-electron chi connectivity index (χ3n) is 4.58. The van der Waals surface area contributed by atoms with E-state index < -0.39 is 0 Å². The quantitative estimate of drug-likeness (QED) is 0.928. The van der Waals surface area contributed by atoms with Gasteiger partial charge >= 0.3 is 0 Å². The lowest BCUT2D eigenvalue weighted by Crippen LogP contribution is -2.48. The maximum absolute atomic E-state index is 9.58. The summed E-state index contributed by atoms with van der Waals surface area (Å²) in [4.78, 5) is 4.85. The van der Waals surface area contributed by atoms with Gasteiger partial charge in [-0.25, -0.2) is 0 Å². The van der Waals surface area contributed by atoms with Crippen LogP contribution >= 0.6 is 0 Å². The lowest BCUT2D eigenvalue weighted by Gasteiger charge is -2.37. The zero-order chi connectivity index (χ0) is 14.9. The van der Waals surface area contributed by atoms with Crippen molar-refractivity contribution in [3.05, 3.63) is 24.3 Å². The van der Waals surface area contributed by atoms with Gasteiger partial charge in [0.1, 0.15) is 5.75 Å². The molecule has 3 rings (SSSR count). The second-order valence-corrected chi connectivity index (χ2v) is 6.85. The lowest BCUT2D eigenvalue weighted by atomic mass is 10.1. The van der Waals surface area contributed by atoms with E-state index in [0.29, 0.717) is 11.9 Å². The molecule has 0 radical (unpaired) electrons. The van der Waals surface area contributed by atoms with Crippen LogP contribution in [0.1, 0.15) is 26.7 Å². The number of anilines is 1. The van der Waals surface area contributed by atoms with E-state index in [1.165, 1.54) is 12.8 Å². The highest BCUT2D eigenvalue weighted by Gasteiger charge is 2.33. The highest BCUT2D eigenvalue weighted by Crippen LogP contribution is 2.30. The van der Waals surface area contributed by atoms with E-state index in [1.807, 2.05) is 12.1 Å². The van der Waals surface area contributed by atoms with Crippen LogP contribution in [0.2, 0.25) is 0 Å². The number of piperazine rings is 1. The predicted octanol–water partition coefficient (Wildman–Crippen LogP) is 2.47. The van der Waals surface area contributed by atoms with Gasteiger partial charge in [0.25, 0.3) is 0 Å². The van der Waals surface area contributed by atoms with Gasteiger partial charge in [0.15, 0.2) is 0 Å². The Morgan fingerprint density at radius 2 is 2.00 bits per heavy atom. The number of ether oxygens (including phenoxy) is 1. The molecule has 0 aliphatic carbocycles. The SMILES string of the molecule is CC1(C)CCC(CN2CCN(c3cccc(O)c3)CC2)O1. The first-order valence-corrected chi connectivity index (χ1v) is 7.96. The van der Waals surface area contributed by atoms with Crippen molar-refractivity contribution in [2.24, 2.45) is 0 Å². The average Bonchev–Trinajstić information content (AvgIpc) is 2.79. The zero-order valence-electron chi connectivity index (χ0n) is 13.1. The number of hydrogen-bond acceptors (Lipinski definition) is 4. The summed E-state index contributed by atoms with van der Waals surface area (Å²) in [6.45, 7) is 9.59. The lowest BCUT2D eigenvalue weighted by molar-refractivity contribution is -0.0291. The van der Waals surface area contributed by atoms with Gasteiger partial charge in [0.05, 0.1) is 11.7 Å². The van der Waals surface area contributed by atoms with Gasteiger partial charge in [-0.3, -0.25) is 4.90 Å². The zero-order valence-corrected chi connectivity index (χ0v) is 13.1. The van der Waals surface area contributed by atoms with E-state index >= 15 is 0 Å². The molecule has 1 aromatic carbocycles. The highest BCUT2D eigenvalue weighted by atomic mass is 16.5. The minimum Gasteiger partial charge on any atom is -0.508 e. The van der Waals surface area contributed by atoms with Crippen LogP contribution in [0.15, 0.2) is 24.3 Å². The monoisotopic (exact) mass is 290 g/mol. The standard InChI is InChI=1S/C17H26N2O2/c1-17(2)7-6-16(21-17)13-18-8-10-19(11-9-18)14-4-3-5-15(20)12-14/h3-5,12,16,20H,6-11,13H2,1-2H3. The van der Waals surface area contributed by atoms with Gasteiger partial charge in [-0.15, -0.1) is 0 Å². The molecule has 1 unspecified atom stereocenters. The van der Waals surface area contributed by atoms with E-state index in [-0.39, 0.29) is 5.60 Å². The van der Waals surface area contributed by atoms with E-state index in [9.17, 15) is 5.11 Å². The Hall–Kier alpha value is -1.26. The molecule has 1 atom stereocenters. The maximum atomic E-state index is 9.58. The van der Waals surface area contributed by atoms with Crippen LogP contribution in [0, 0.1) is 0 Å². The third-order valence-corrected chi connectivity index (χ3v) is 4.58. The van der Waals surface area contributed by atoms with Crippen molar-refractivity contribution in [2.75, 3.05) is 37.6 Å². The van der Waals surface area contributed by atoms with Gasteiger partial charge in [-0.2, -0.15) is 0 Å². The van der Waals surface area contributed by atoms with Gasteiger partial charge in [0, 0.05) is 44.5 Å². The Labute approximate surface area is 127 Å². The first-order valence-electron chi connectivity index (χ1n) is 7.96. The summed E-state index contributed by atoms with van der Waals surface area (Å²) in [7, 11) is 0. The van der Waals surface area contributed by atoms with Crippen molar-refractivity contribution in [3.63, 3.8) is 0 Å². The van der Waals surface area contributed by atoms with Crippen molar-refractivity contribution in [1.82, 2.24) is 4.90 Å². The molecule has 0 aromatic heterocycles. The largest absolute Gasteiger partial charge is 0.508 e. The van der Waals surface area contributed by atoms with Gasteiger partial charge in [-0.1, -0.05) is 6.07 Å². The second kappa shape index (κ2) is 5.85. The van der Waals surface area contributed by atoms with Crippen molar-refractivity contribution in [3.8, 4) is 5.75 Å². The topological polar surface area (TPSA) is 35.9 Å². The molecule has 0 amide bonds. The molecule has 0 saturated carbocycles. The van der Waals surface area contributed by atoms with Crippen molar-refractivity contribution in [1.29, 1.82) is 0 Å². The van der Waals surface area contributed by atoms with E-state index in [1.54, 1.807) is 6.07 Å². The van der Waals surface area contributed by atoms with Crippen LogP contribution in [-0.2, 0) is 4.74 Å². The van der Waals surface area contributed by atoms with E-state index in [0.717, 1.165) is 38.4 Å². The normalized spacial score (nSPS) is 26.2. The minimum absolute atomic E-state index is 0.0635. The molecule has 4 nitrogen and oxygen atoms in total. The smallest absolute Gasteiger partial charge is 0.117 e. The Morgan fingerprint density at radius 1 is 1.24 bits per heavy atom. The Morgan fingerprint density at radius 3 is 2.62 bits per heavy atom. The Bertz CT molecular complexity index is 481. The third kappa shape index (κ3) is 3.69. The fourth-order valence-electron chi connectivity index (χ4n) is 3.37. The number of benzene rings is 1. The molecule has 0 bridgehead atoms. The number of phenols is 1. The summed E-state index contributed by atoms with van der Waals surface area (Å²) in [6.07, 6.45) is 2.74. The minimum atomic E-state index is 0.0635. The van der Waals surface area contributed by atoms with Crippen LogP contribution < -0.4 is 4.90 Å². The van der Waals surface area contributed by atoms with Crippen LogP contribution in [0.25, 0.3) is 0 Å². The molecule has 21 heavy (non-hydrogen) atoms.